The summed E-state index contributed by atoms with van der Waals surface area (Å²) in [5, 5.41) is 12.9. The summed E-state index contributed by atoms with van der Waals surface area (Å²) >= 11 is 0. The van der Waals surface area contributed by atoms with Crippen LogP contribution in [0.4, 0.5) is 4.39 Å². The summed E-state index contributed by atoms with van der Waals surface area (Å²) in [6, 6.07) is 5.87. The van der Waals surface area contributed by atoms with Gasteiger partial charge in [-0.25, -0.2) is 4.39 Å². The van der Waals surface area contributed by atoms with E-state index >= 15 is 0 Å². The number of benzene rings is 1. The van der Waals surface area contributed by atoms with Crippen molar-refractivity contribution in [1.82, 2.24) is 5.32 Å². The van der Waals surface area contributed by atoms with Crippen LogP contribution in [0, 0.1) is 23.6 Å². The molecule has 1 aliphatic heterocycles. The van der Waals surface area contributed by atoms with Crippen LogP contribution in [0.3, 0.4) is 0 Å². The average molecular weight is 319 g/mol. The highest BCUT2D eigenvalue weighted by atomic mass is 19.1. The van der Waals surface area contributed by atoms with Crippen molar-refractivity contribution in [1.29, 1.82) is 0 Å². The summed E-state index contributed by atoms with van der Waals surface area (Å²) in [4.78, 5) is 23.8. The molecule has 3 rings (SSSR count). The fourth-order valence-electron chi connectivity index (χ4n) is 4.05. The summed E-state index contributed by atoms with van der Waals surface area (Å²) in [5.41, 5.74) is -0.190. The van der Waals surface area contributed by atoms with Crippen LogP contribution in [-0.2, 0) is 15.0 Å². The molecule has 0 amide bonds. The van der Waals surface area contributed by atoms with Crippen molar-refractivity contribution in [2.45, 2.75) is 31.1 Å². The number of carbonyl (C=O) groups is 2. The number of carbonyl (C=O) groups excluding carboxylic acids is 1. The van der Waals surface area contributed by atoms with E-state index in [2.05, 4.69) is 5.32 Å². The van der Waals surface area contributed by atoms with Crippen molar-refractivity contribution < 1.29 is 19.1 Å². The maximum atomic E-state index is 13.2. The van der Waals surface area contributed by atoms with Crippen LogP contribution in [0.2, 0.25) is 0 Å². The molecular formula is C18H22FNO3. The largest absolute Gasteiger partial charge is 0.481 e. The Balaban J connectivity index is 1.92. The summed E-state index contributed by atoms with van der Waals surface area (Å²) in [7, 11) is 0. The molecule has 0 aromatic heterocycles. The van der Waals surface area contributed by atoms with E-state index in [4.69, 9.17) is 0 Å². The first kappa shape index (κ1) is 16.1. The summed E-state index contributed by atoms with van der Waals surface area (Å²) in [5.74, 6) is -1.59. The van der Waals surface area contributed by atoms with E-state index in [1.165, 1.54) is 12.1 Å². The molecule has 1 saturated heterocycles. The van der Waals surface area contributed by atoms with Crippen LogP contribution >= 0.6 is 0 Å². The number of aldehydes is 1. The Labute approximate surface area is 135 Å². The van der Waals surface area contributed by atoms with E-state index in [0.29, 0.717) is 31.0 Å². The number of hydrogen-bond donors (Lipinski definition) is 2. The molecule has 2 fully saturated rings. The average Bonchev–Trinajstić information content (AvgIpc) is 2.91. The third-order valence-corrected chi connectivity index (χ3v) is 5.65. The summed E-state index contributed by atoms with van der Waals surface area (Å²) < 4.78 is 13.2. The van der Waals surface area contributed by atoms with Gasteiger partial charge in [-0.1, -0.05) is 31.4 Å². The number of carboxylic acid groups (broad SMARTS) is 1. The molecule has 2 aliphatic rings. The van der Waals surface area contributed by atoms with Gasteiger partial charge < -0.3 is 15.2 Å². The smallest absolute Gasteiger partial charge is 0.306 e. The van der Waals surface area contributed by atoms with E-state index in [0.717, 1.165) is 25.5 Å². The van der Waals surface area contributed by atoms with Crippen LogP contribution in [0.1, 0.15) is 31.2 Å². The van der Waals surface area contributed by atoms with Gasteiger partial charge in [-0.15, -0.1) is 0 Å². The van der Waals surface area contributed by atoms with Gasteiger partial charge in [0.25, 0.3) is 0 Å². The van der Waals surface area contributed by atoms with Gasteiger partial charge in [0, 0.05) is 19.0 Å². The van der Waals surface area contributed by atoms with Crippen LogP contribution in [-0.4, -0.2) is 30.5 Å². The van der Waals surface area contributed by atoms with Gasteiger partial charge in [-0.05, 0) is 30.0 Å². The van der Waals surface area contributed by atoms with Gasteiger partial charge in [0.15, 0.2) is 0 Å². The lowest BCUT2D eigenvalue weighted by Crippen LogP contribution is -2.43. The molecule has 1 aromatic carbocycles. The molecule has 3 atom stereocenters. The fourth-order valence-corrected chi connectivity index (χ4v) is 4.05. The highest BCUT2D eigenvalue weighted by Gasteiger charge is 2.50. The molecule has 0 radical (unpaired) electrons. The predicted octanol–water partition coefficient (Wildman–Crippen LogP) is 2.37. The van der Waals surface area contributed by atoms with E-state index in [1.54, 1.807) is 12.1 Å². The molecule has 2 N–H and O–H groups in total. The van der Waals surface area contributed by atoms with Crippen LogP contribution in [0.25, 0.3) is 0 Å². The Morgan fingerprint density at radius 1 is 1.39 bits per heavy atom. The normalized spacial score (nSPS) is 29.0. The number of carboxylic acids is 1. The first-order valence-electron chi connectivity index (χ1n) is 8.23. The number of nitrogens with one attached hydrogen (secondary N) is 1. The minimum Gasteiger partial charge on any atom is -0.481 e. The maximum Gasteiger partial charge on any atom is 0.306 e. The van der Waals surface area contributed by atoms with Crippen LogP contribution < -0.4 is 5.32 Å². The second-order valence-electron chi connectivity index (χ2n) is 6.88. The molecule has 4 nitrogen and oxygen atoms in total. The molecule has 23 heavy (non-hydrogen) atoms. The van der Waals surface area contributed by atoms with Crippen molar-refractivity contribution in [2.24, 2.45) is 17.8 Å². The standard InChI is InChI=1S/C18H22FNO3/c19-14-6-4-13(5-7-14)18(11-21)10-20-9-16(18)15(17(22)23)8-12-2-1-3-12/h4-7,11-12,15-16,20H,1-3,8-10H2,(H,22,23)/t15-,16?,18-/m1/s1. The third kappa shape index (κ3) is 2.90. The molecule has 124 valence electrons. The highest BCUT2D eigenvalue weighted by Crippen LogP contribution is 2.43. The highest BCUT2D eigenvalue weighted by molar-refractivity contribution is 5.76. The molecule has 1 aliphatic carbocycles. The van der Waals surface area contributed by atoms with Gasteiger partial charge in [0.1, 0.15) is 12.1 Å². The second-order valence-corrected chi connectivity index (χ2v) is 6.88. The maximum absolute atomic E-state index is 13.2. The molecule has 0 bridgehead atoms. The SMILES string of the molecule is O=C[C@@]1(c2ccc(F)cc2)CNCC1[C@@H](CC1CCC1)C(=O)O. The molecular weight excluding hydrogens is 297 g/mol. The molecule has 1 saturated carbocycles. The summed E-state index contributed by atoms with van der Waals surface area (Å²) in [6.45, 7) is 0.904. The van der Waals surface area contributed by atoms with Crippen molar-refractivity contribution in [3.63, 3.8) is 0 Å². The number of halogens is 1. The molecule has 1 heterocycles. The zero-order valence-corrected chi connectivity index (χ0v) is 13.0. The quantitative estimate of drug-likeness (QED) is 0.790. The Morgan fingerprint density at radius 3 is 2.61 bits per heavy atom. The van der Waals surface area contributed by atoms with E-state index in [-0.39, 0.29) is 11.7 Å². The number of hydrogen-bond acceptors (Lipinski definition) is 3. The lowest BCUT2D eigenvalue weighted by molar-refractivity contribution is -0.145. The number of rotatable bonds is 6. The zero-order valence-electron chi connectivity index (χ0n) is 13.0. The molecule has 1 aromatic rings. The topological polar surface area (TPSA) is 66.4 Å². The fraction of sp³-hybridized carbons (Fsp3) is 0.556. The lowest BCUT2D eigenvalue weighted by Gasteiger charge is -2.36. The van der Waals surface area contributed by atoms with E-state index < -0.39 is 17.3 Å². The van der Waals surface area contributed by atoms with Gasteiger partial charge >= 0.3 is 5.97 Å². The summed E-state index contributed by atoms with van der Waals surface area (Å²) in [6.07, 6.45) is 4.81. The Hall–Kier alpha value is -1.75. The number of aliphatic carboxylic acids is 1. The van der Waals surface area contributed by atoms with Crippen LogP contribution in [0.15, 0.2) is 24.3 Å². The molecule has 1 unspecified atom stereocenters. The lowest BCUT2D eigenvalue weighted by atomic mass is 9.65. The van der Waals surface area contributed by atoms with Gasteiger partial charge in [0.05, 0.1) is 11.3 Å². The van der Waals surface area contributed by atoms with Crippen molar-refractivity contribution in [3.05, 3.63) is 35.6 Å². The second kappa shape index (κ2) is 6.40. The predicted molar refractivity (Wildman–Crippen MR) is 83.6 cm³/mol. The first-order chi connectivity index (χ1) is 11.1. The van der Waals surface area contributed by atoms with E-state index in [9.17, 15) is 19.1 Å². The minimum absolute atomic E-state index is 0.302. The van der Waals surface area contributed by atoms with Gasteiger partial charge in [-0.3, -0.25) is 4.79 Å². The zero-order chi connectivity index (χ0) is 16.4. The van der Waals surface area contributed by atoms with Crippen molar-refractivity contribution >= 4 is 12.3 Å². The Bertz CT molecular complexity index is 584. The van der Waals surface area contributed by atoms with Crippen LogP contribution in [0.5, 0.6) is 0 Å². The first-order valence-corrected chi connectivity index (χ1v) is 8.23. The monoisotopic (exact) mass is 319 g/mol. The molecule has 5 heteroatoms. The van der Waals surface area contributed by atoms with Crippen molar-refractivity contribution in [3.8, 4) is 0 Å². The van der Waals surface area contributed by atoms with Gasteiger partial charge in [-0.2, -0.15) is 0 Å². The molecule has 0 spiro atoms. The van der Waals surface area contributed by atoms with Crippen molar-refractivity contribution in [2.75, 3.05) is 13.1 Å². The van der Waals surface area contributed by atoms with E-state index in [1.807, 2.05) is 0 Å². The Morgan fingerprint density at radius 2 is 2.09 bits per heavy atom. The van der Waals surface area contributed by atoms with Gasteiger partial charge in [0.2, 0.25) is 0 Å². The minimum atomic E-state index is -0.888. The Kier molecular flexibility index (Phi) is 4.48. The third-order valence-electron chi connectivity index (χ3n) is 5.65.